The van der Waals surface area contributed by atoms with Crippen LogP contribution in [0.2, 0.25) is 0 Å². The number of aliphatic imine (C=N–C) groups is 1. The average Bonchev–Trinajstić information content (AvgIpc) is 3.08. The van der Waals surface area contributed by atoms with E-state index < -0.39 is 0 Å². The van der Waals surface area contributed by atoms with Gasteiger partial charge in [-0.05, 0) is 82.9 Å². The first-order valence-electron chi connectivity index (χ1n) is 14.2. The van der Waals surface area contributed by atoms with Crippen LogP contribution in [0, 0.1) is 5.92 Å². The molecular formula is C30H48N2O4. The summed E-state index contributed by atoms with van der Waals surface area (Å²) in [6.07, 6.45) is 13.4. The van der Waals surface area contributed by atoms with Gasteiger partial charge in [0.05, 0.1) is 19.8 Å². The van der Waals surface area contributed by atoms with E-state index in [4.69, 9.17) is 9.47 Å². The minimum Gasteiger partial charge on any atom is -0.493 e. The summed E-state index contributed by atoms with van der Waals surface area (Å²) < 4.78 is 11.4. The van der Waals surface area contributed by atoms with Gasteiger partial charge >= 0.3 is 6.09 Å². The number of fused-ring (bicyclic) bond motifs is 1. The normalized spacial score (nSPS) is 18.5. The second kappa shape index (κ2) is 14.0. The van der Waals surface area contributed by atoms with Gasteiger partial charge in [-0.25, -0.2) is 4.79 Å². The maximum absolute atomic E-state index is 11.5. The number of likely N-dealkylation sites (tertiary alicyclic amines) is 1. The van der Waals surface area contributed by atoms with Gasteiger partial charge in [-0.3, -0.25) is 4.99 Å². The molecule has 6 nitrogen and oxygen atoms in total. The summed E-state index contributed by atoms with van der Waals surface area (Å²) in [4.78, 5) is 18.0. The molecule has 1 saturated carbocycles. The third-order valence-corrected chi connectivity index (χ3v) is 7.23. The van der Waals surface area contributed by atoms with Crippen molar-refractivity contribution in [1.29, 1.82) is 0 Å². The highest BCUT2D eigenvalue weighted by Gasteiger charge is 2.23. The van der Waals surface area contributed by atoms with E-state index in [2.05, 4.69) is 18.0 Å². The van der Waals surface area contributed by atoms with Crippen molar-refractivity contribution in [3.8, 4) is 5.75 Å². The van der Waals surface area contributed by atoms with Crippen LogP contribution in [0.4, 0.5) is 4.79 Å². The van der Waals surface area contributed by atoms with E-state index in [1.807, 2.05) is 26.8 Å². The van der Waals surface area contributed by atoms with Crippen molar-refractivity contribution < 1.29 is 19.4 Å². The smallest absolute Gasteiger partial charge is 0.410 e. The molecule has 0 atom stereocenters. The Morgan fingerprint density at radius 1 is 1.06 bits per heavy atom. The fraction of sp³-hybridized carbons (Fsp3) is 0.733. The minimum atomic E-state index is -0.367. The standard InChI is InChI=1S/C20H29NO2.C10H19NO2/c1-2-7-19-16-10-11-20(18(13-22)17(16)12-21-19)23-14-15-8-5-3-4-6-9-15;1-10(2,3)13-9(12)11-7-5-4-6-8-11/h10-11,15,22H,2-9,12-14H2,1H3;4-8H2,1-3H3. The van der Waals surface area contributed by atoms with E-state index >= 15 is 0 Å². The molecule has 202 valence electrons. The van der Waals surface area contributed by atoms with Crippen LogP contribution >= 0.6 is 0 Å². The molecule has 2 fully saturated rings. The number of hydrogen-bond donors (Lipinski definition) is 1. The first-order valence-corrected chi connectivity index (χ1v) is 14.2. The number of hydrogen-bond acceptors (Lipinski definition) is 5. The number of ether oxygens (including phenoxy) is 2. The van der Waals surface area contributed by atoms with Crippen LogP contribution in [0.5, 0.6) is 5.75 Å². The van der Waals surface area contributed by atoms with Gasteiger partial charge in [-0.15, -0.1) is 0 Å². The van der Waals surface area contributed by atoms with E-state index in [9.17, 15) is 9.90 Å². The maximum Gasteiger partial charge on any atom is 0.410 e. The number of aliphatic hydroxyl groups excluding tert-OH is 1. The molecule has 3 aliphatic rings. The number of rotatable bonds is 6. The molecular weight excluding hydrogens is 452 g/mol. The molecule has 0 bridgehead atoms. The summed E-state index contributed by atoms with van der Waals surface area (Å²) in [5.41, 5.74) is 4.17. The van der Waals surface area contributed by atoms with Crippen LogP contribution in [0.1, 0.15) is 115 Å². The third-order valence-electron chi connectivity index (χ3n) is 7.23. The van der Waals surface area contributed by atoms with E-state index in [-0.39, 0.29) is 18.3 Å². The highest BCUT2D eigenvalue weighted by molar-refractivity contribution is 6.04. The lowest BCUT2D eigenvalue weighted by Crippen LogP contribution is -2.39. The summed E-state index contributed by atoms with van der Waals surface area (Å²) in [7, 11) is 0. The maximum atomic E-state index is 11.5. The minimum absolute atomic E-state index is 0.0398. The third kappa shape index (κ3) is 8.50. The Morgan fingerprint density at radius 3 is 2.33 bits per heavy atom. The summed E-state index contributed by atoms with van der Waals surface area (Å²) >= 11 is 0. The second-order valence-corrected chi connectivity index (χ2v) is 11.4. The van der Waals surface area contributed by atoms with E-state index in [0.717, 1.165) is 56.7 Å². The van der Waals surface area contributed by atoms with Gasteiger partial charge in [0, 0.05) is 29.9 Å². The molecule has 1 N–H and O–H groups in total. The Morgan fingerprint density at radius 2 is 1.72 bits per heavy atom. The van der Waals surface area contributed by atoms with E-state index in [0.29, 0.717) is 12.5 Å². The zero-order chi connectivity index (χ0) is 26.0. The predicted octanol–water partition coefficient (Wildman–Crippen LogP) is 7.04. The Hall–Kier alpha value is -2.08. The van der Waals surface area contributed by atoms with Gasteiger partial charge < -0.3 is 19.5 Å². The van der Waals surface area contributed by atoms with Crippen molar-refractivity contribution in [2.24, 2.45) is 10.9 Å². The quantitative estimate of drug-likeness (QED) is 0.425. The van der Waals surface area contributed by atoms with Crippen LogP contribution in [0.15, 0.2) is 17.1 Å². The summed E-state index contributed by atoms with van der Waals surface area (Å²) in [5, 5.41) is 9.85. The monoisotopic (exact) mass is 500 g/mol. The first kappa shape index (κ1) is 28.5. The number of aliphatic hydroxyl groups is 1. The zero-order valence-electron chi connectivity index (χ0n) is 23.1. The molecule has 0 spiro atoms. The predicted molar refractivity (Wildman–Crippen MR) is 146 cm³/mol. The largest absolute Gasteiger partial charge is 0.493 e. The van der Waals surface area contributed by atoms with Crippen molar-refractivity contribution in [1.82, 2.24) is 4.90 Å². The first-order chi connectivity index (χ1) is 17.3. The second-order valence-electron chi connectivity index (χ2n) is 11.4. The number of carbonyl (C=O) groups is 1. The van der Waals surface area contributed by atoms with Gasteiger partial charge in [-0.2, -0.15) is 0 Å². The summed E-state index contributed by atoms with van der Waals surface area (Å²) in [5.74, 6) is 1.53. The van der Waals surface area contributed by atoms with Gasteiger partial charge in [0.25, 0.3) is 0 Å². The lowest BCUT2D eigenvalue weighted by molar-refractivity contribution is 0.0216. The number of amides is 1. The molecule has 1 aliphatic carbocycles. The Labute approximate surface area is 218 Å². The number of carbonyl (C=O) groups excluding carboxylic acids is 1. The van der Waals surface area contributed by atoms with Crippen molar-refractivity contribution in [2.75, 3.05) is 19.7 Å². The number of benzene rings is 1. The van der Waals surface area contributed by atoms with Crippen molar-refractivity contribution in [3.05, 3.63) is 28.8 Å². The van der Waals surface area contributed by atoms with Crippen molar-refractivity contribution in [3.63, 3.8) is 0 Å². The van der Waals surface area contributed by atoms with Crippen LogP contribution in [0.3, 0.4) is 0 Å². The zero-order valence-corrected chi connectivity index (χ0v) is 23.1. The van der Waals surface area contributed by atoms with Crippen LogP contribution in [-0.4, -0.2) is 47.1 Å². The molecule has 6 heteroatoms. The molecule has 1 amide bonds. The Kier molecular flexibility index (Phi) is 11.1. The molecule has 0 radical (unpaired) electrons. The van der Waals surface area contributed by atoms with E-state index in [1.54, 1.807) is 4.90 Å². The van der Waals surface area contributed by atoms with Gasteiger partial charge in [0.1, 0.15) is 11.4 Å². The molecule has 2 aliphatic heterocycles. The lowest BCUT2D eigenvalue weighted by Gasteiger charge is -2.29. The molecule has 0 unspecified atom stereocenters. The molecule has 1 aromatic carbocycles. The summed E-state index contributed by atoms with van der Waals surface area (Å²) in [6, 6.07) is 4.18. The van der Waals surface area contributed by atoms with E-state index in [1.165, 1.54) is 61.8 Å². The van der Waals surface area contributed by atoms with Gasteiger partial charge in [-0.1, -0.05) is 39.0 Å². The van der Waals surface area contributed by atoms with Crippen LogP contribution in [0.25, 0.3) is 0 Å². The number of nitrogens with zero attached hydrogens (tertiary/aromatic N) is 2. The van der Waals surface area contributed by atoms with Gasteiger partial charge in [0.2, 0.25) is 0 Å². The molecule has 4 rings (SSSR count). The summed E-state index contributed by atoms with van der Waals surface area (Å²) in [6.45, 7) is 11.1. The topological polar surface area (TPSA) is 71.4 Å². The van der Waals surface area contributed by atoms with Crippen LogP contribution < -0.4 is 4.74 Å². The average molecular weight is 501 g/mol. The van der Waals surface area contributed by atoms with Crippen molar-refractivity contribution in [2.45, 2.75) is 117 Å². The molecule has 36 heavy (non-hydrogen) atoms. The molecule has 1 aromatic rings. The van der Waals surface area contributed by atoms with Crippen LogP contribution in [-0.2, 0) is 17.9 Å². The number of piperidine rings is 1. The highest BCUT2D eigenvalue weighted by Crippen LogP contribution is 2.32. The highest BCUT2D eigenvalue weighted by atomic mass is 16.6. The van der Waals surface area contributed by atoms with Crippen molar-refractivity contribution >= 4 is 11.8 Å². The fourth-order valence-corrected chi connectivity index (χ4v) is 5.28. The van der Waals surface area contributed by atoms with Gasteiger partial charge in [0.15, 0.2) is 0 Å². The molecule has 1 saturated heterocycles. The SMILES string of the molecule is CC(C)(C)OC(=O)N1CCCCC1.CCCC1=NCc2c1ccc(OCC1CCCCCC1)c2CO. The Bertz CT molecular complexity index is 860. The molecule has 0 aromatic heterocycles. The fourth-order valence-electron chi connectivity index (χ4n) is 5.28. The molecule has 2 heterocycles. The lowest BCUT2D eigenvalue weighted by atomic mass is 9.97. The Balaban J connectivity index is 0.000000236.